The van der Waals surface area contributed by atoms with E-state index in [1.807, 2.05) is 6.92 Å². The molecule has 0 aromatic rings. The zero-order valence-corrected chi connectivity index (χ0v) is 29.1. The molecule has 1 heterocycles. The van der Waals surface area contributed by atoms with E-state index in [2.05, 4.69) is 0 Å². The molecule has 1 saturated heterocycles. The first-order chi connectivity index (χ1) is 23.0. The molecule has 0 radical (unpaired) electrons. The van der Waals surface area contributed by atoms with Gasteiger partial charge in [-0.1, -0.05) is 77.6 Å². The second kappa shape index (κ2) is 26.5. The monoisotopic (exact) mass is 692 g/mol. The summed E-state index contributed by atoms with van der Waals surface area (Å²) in [5, 5.41) is 38.1. The summed E-state index contributed by atoms with van der Waals surface area (Å²) in [6, 6.07) is 0. The number of carbonyl (C=O) groups excluding carboxylic acids is 4. The molecule has 1 rings (SSSR count). The molecule has 7 unspecified atom stereocenters. The molecule has 0 aromatic heterocycles. The molecule has 14 nitrogen and oxygen atoms in total. The average molecular weight is 693 g/mol. The maximum atomic E-state index is 13.2. The van der Waals surface area contributed by atoms with Gasteiger partial charge in [-0.3, -0.25) is 19.2 Å². The normalized spacial score (nSPS) is 22.0. The third-order valence-corrected chi connectivity index (χ3v) is 7.97. The maximum Gasteiger partial charge on any atom is 0.306 e. The van der Waals surface area contributed by atoms with E-state index in [1.54, 1.807) is 0 Å². The fourth-order valence-corrected chi connectivity index (χ4v) is 5.28. The highest BCUT2D eigenvalue weighted by Crippen LogP contribution is 2.31. The predicted molar refractivity (Wildman–Crippen MR) is 172 cm³/mol. The highest BCUT2D eigenvalue weighted by Gasteiger charge is 2.53. The Morgan fingerprint density at radius 1 is 0.646 bits per heavy atom. The number of aliphatic hydroxyl groups is 4. The van der Waals surface area contributed by atoms with E-state index in [9.17, 15) is 34.5 Å². The zero-order chi connectivity index (χ0) is 35.7. The Balaban J connectivity index is 3.02. The molecule has 1 fully saturated rings. The van der Waals surface area contributed by atoms with Gasteiger partial charge < -0.3 is 48.8 Å². The lowest BCUT2D eigenvalue weighted by Gasteiger charge is -2.44. The molecule has 1 aliphatic heterocycles. The van der Waals surface area contributed by atoms with Gasteiger partial charge in [-0.05, 0) is 19.3 Å². The Morgan fingerprint density at radius 2 is 1.17 bits per heavy atom. The van der Waals surface area contributed by atoms with Crippen LogP contribution in [-0.2, 0) is 47.6 Å². The van der Waals surface area contributed by atoms with Crippen molar-refractivity contribution in [1.29, 1.82) is 0 Å². The Hall–Kier alpha value is -2.36. The molecule has 4 N–H and O–H groups in total. The van der Waals surface area contributed by atoms with Crippen LogP contribution in [-0.4, -0.2) is 114 Å². The number of esters is 4. The van der Waals surface area contributed by atoms with E-state index >= 15 is 0 Å². The van der Waals surface area contributed by atoms with Crippen LogP contribution in [0.3, 0.4) is 0 Å². The van der Waals surface area contributed by atoms with Crippen molar-refractivity contribution in [3.05, 3.63) is 0 Å². The predicted octanol–water partition coefficient (Wildman–Crippen LogP) is 3.01. The third kappa shape index (κ3) is 19.0. The van der Waals surface area contributed by atoms with Gasteiger partial charge >= 0.3 is 23.9 Å². The van der Waals surface area contributed by atoms with E-state index in [0.717, 1.165) is 71.1 Å². The van der Waals surface area contributed by atoms with Gasteiger partial charge in [0.15, 0.2) is 24.6 Å². The number of aliphatic hydroxyl groups excluding tert-OH is 4. The molecule has 48 heavy (non-hydrogen) atoms. The molecule has 1 aliphatic rings. The molecule has 0 saturated carbocycles. The van der Waals surface area contributed by atoms with Gasteiger partial charge in [0.2, 0.25) is 0 Å². The standard InChI is InChI=1S/C34H60O14/c1-4-5-15-18-30(42)48-33-32(47-29(41)19-16-13-11-9-7-6-8-10-12-14-17-20-35)31(45-25(3)38)28(23-43-24(2)37)46-34(33)44-22-27(40)26(39)21-36/h26-28,31-36,39-40H,4-23H2,1-3H3. The fourth-order valence-electron chi connectivity index (χ4n) is 5.28. The first-order valence-corrected chi connectivity index (χ1v) is 17.6. The number of hydrogen-bond donors (Lipinski definition) is 4. The minimum absolute atomic E-state index is 0.0440. The van der Waals surface area contributed by atoms with Gasteiger partial charge in [-0.2, -0.15) is 0 Å². The van der Waals surface area contributed by atoms with Gasteiger partial charge in [0.05, 0.1) is 13.2 Å². The van der Waals surface area contributed by atoms with Crippen molar-refractivity contribution in [2.75, 3.05) is 26.4 Å². The van der Waals surface area contributed by atoms with Gasteiger partial charge in [0.1, 0.15) is 24.9 Å². The molecule has 0 aliphatic carbocycles. The van der Waals surface area contributed by atoms with Crippen LogP contribution >= 0.6 is 0 Å². The summed E-state index contributed by atoms with van der Waals surface area (Å²) < 4.78 is 33.8. The van der Waals surface area contributed by atoms with Crippen molar-refractivity contribution in [2.45, 2.75) is 166 Å². The Kier molecular flexibility index (Phi) is 24.1. The summed E-state index contributed by atoms with van der Waals surface area (Å²) in [4.78, 5) is 49.9. The minimum Gasteiger partial charge on any atom is -0.463 e. The van der Waals surface area contributed by atoms with Crippen molar-refractivity contribution in [3.8, 4) is 0 Å². The molecule has 280 valence electrons. The van der Waals surface area contributed by atoms with Crippen LogP contribution in [0, 0.1) is 0 Å². The molecule has 14 heteroatoms. The lowest BCUT2D eigenvalue weighted by atomic mass is 9.97. The van der Waals surface area contributed by atoms with E-state index < -0.39 is 86.6 Å². The summed E-state index contributed by atoms with van der Waals surface area (Å²) in [6.07, 6.45) is 3.21. The second-order valence-electron chi connectivity index (χ2n) is 12.3. The SMILES string of the molecule is CCCCCC(=O)OC1C(OCC(O)C(O)CO)OC(COC(C)=O)C(OC(C)=O)C1OC(=O)CCCCCCCCCCCCCO. The lowest BCUT2D eigenvalue weighted by molar-refractivity contribution is -0.312. The van der Waals surface area contributed by atoms with E-state index in [0.29, 0.717) is 12.8 Å². The highest BCUT2D eigenvalue weighted by molar-refractivity contribution is 5.71. The van der Waals surface area contributed by atoms with Crippen molar-refractivity contribution in [3.63, 3.8) is 0 Å². The van der Waals surface area contributed by atoms with E-state index in [4.69, 9.17) is 33.5 Å². The number of ether oxygens (including phenoxy) is 6. The van der Waals surface area contributed by atoms with Gasteiger partial charge in [-0.15, -0.1) is 0 Å². The maximum absolute atomic E-state index is 13.2. The van der Waals surface area contributed by atoms with Crippen molar-refractivity contribution in [2.24, 2.45) is 0 Å². The Morgan fingerprint density at radius 3 is 1.67 bits per heavy atom. The Bertz CT molecular complexity index is 899. The van der Waals surface area contributed by atoms with Gasteiger partial charge in [-0.25, -0.2) is 0 Å². The van der Waals surface area contributed by atoms with Crippen molar-refractivity contribution >= 4 is 23.9 Å². The van der Waals surface area contributed by atoms with Gasteiger partial charge in [0, 0.05) is 33.3 Å². The molecule has 7 atom stereocenters. The first-order valence-electron chi connectivity index (χ1n) is 17.6. The van der Waals surface area contributed by atoms with Crippen LogP contribution in [0.15, 0.2) is 0 Å². The summed E-state index contributed by atoms with van der Waals surface area (Å²) in [6.45, 7) is 2.79. The van der Waals surface area contributed by atoms with Crippen molar-refractivity contribution in [1.82, 2.24) is 0 Å². The molecule has 0 aromatic carbocycles. The molecular weight excluding hydrogens is 632 g/mol. The topological polar surface area (TPSA) is 205 Å². The Labute approximate surface area is 284 Å². The van der Waals surface area contributed by atoms with Crippen LogP contribution in [0.5, 0.6) is 0 Å². The minimum atomic E-state index is -1.55. The lowest BCUT2D eigenvalue weighted by Crippen LogP contribution is -2.63. The van der Waals surface area contributed by atoms with Crippen LogP contribution in [0.25, 0.3) is 0 Å². The second-order valence-corrected chi connectivity index (χ2v) is 12.3. The van der Waals surface area contributed by atoms with Crippen LogP contribution < -0.4 is 0 Å². The largest absolute Gasteiger partial charge is 0.463 e. The smallest absolute Gasteiger partial charge is 0.306 e. The summed E-state index contributed by atoms with van der Waals surface area (Å²) >= 11 is 0. The summed E-state index contributed by atoms with van der Waals surface area (Å²) in [7, 11) is 0. The van der Waals surface area contributed by atoms with Gasteiger partial charge in [0.25, 0.3) is 0 Å². The fraction of sp³-hybridized carbons (Fsp3) is 0.882. The van der Waals surface area contributed by atoms with E-state index in [1.165, 1.54) is 19.8 Å². The molecule has 0 amide bonds. The molecule has 0 bridgehead atoms. The van der Waals surface area contributed by atoms with E-state index in [-0.39, 0.29) is 19.4 Å². The quantitative estimate of drug-likeness (QED) is 0.0555. The van der Waals surface area contributed by atoms with Crippen LogP contribution in [0.1, 0.15) is 124 Å². The first kappa shape index (κ1) is 43.7. The zero-order valence-electron chi connectivity index (χ0n) is 29.1. The average Bonchev–Trinajstić information content (AvgIpc) is 3.04. The van der Waals surface area contributed by atoms with Crippen molar-refractivity contribution < 1.29 is 68.0 Å². The number of rotatable bonds is 27. The molecular formula is C34H60O14. The van der Waals surface area contributed by atoms with Crippen LogP contribution in [0.2, 0.25) is 0 Å². The number of hydrogen-bond acceptors (Lipinski definition) is 14. The number of carbonyl (C=O) groups is 4. The van der Waals surface area contributed by atoms with Crippen LogP contribution in [0.4, 0.5) is 0 Å². The summed E-state index contributed by atoms with van der Waals surface area (Å²) in [5.41, 5.74) is 0. The highest BCUT2D eigenvalue weighted by atomic mass is 16.7. The molecule has 0 spiro atoms. The summed E-state index contributed by atoms with van der Waals surface area (Å²) in [5.74, 6) is -2.69. The number of unbranched alkanes of at least 4 members (excludes halogenated alkanes) is 12. The third-order valence-electron chi connectivity index (χ3n) is 7.97.